The van der Waals surface area contributed by atoms with Crippen molar-refractivity contribution in [1.29, 1.82) is 0 Å². The first-order valence-electron chi connectivity index (χ1n) is 8.93. The van der Waals surface area contributed by atoms with E-state index in [0.29, 0.717) is 5.56 Å². The lowest BCUT2D eigenvalue weighted by Crippen LogP contribution is -2.32. The Bertz CT molecular complexity index is 1060. The van der Waals surface area contributed by atoms with E-state index >= 15 is 0 Å². The molecule has 0 spiro atoms. The number of amides is 1. The maximum absolute atomic E-state index is 12.8. The predicted octanol–water partition coefficient (Wildman–Crippen LogP) is 3.62. The van der Waals surface area contributed by atoms with Gasteiger partial charge in [0, 0.05) is 11.3 Å². The molecule has 1 atom stereocenters. The molecule has 0 fully saturated rings. The zero-order valence-corrected chi connectivity index (χ0v) is 17.4. The van der Waals surface area contributed by atoms with E-state index in [1.165, 1.54) is 11.3 Å². The molecule has 3 rings (SSSR count). The normalized spacial score (nSPS) is 12.7. The van der Waals surface area contributed by atoms with Crippen LogP contribution in [0.15, 0.2) is 82.1 Å². The van der Waals surface area contributed by atoms with Gasteiger partial charge in [0.2, 0.25) is 15.9 Å². The number of nitrogens with one attached hydrogen (secondary N) is 2. The van der Waals surface area contributed by atoms with Gasteiger partial charge in [-0.1, -0.05) is 54.1 Å². The van der Waals surface area contributed by atoms with E-state index in [1.807, 2.05) is 30.5 Å². The first-order valence-corrected chi connectivity index (χ1v) is 11.3. The molecule has 150 valence electrons. The monoisotopic (exact) mass is 427 g/mol. The fraction of sp³-hybridized carbons (Fsp3) is 0.143. The highest BCUT2D eigenvalue weighted by Crippen LogP contribution is 2.20. The second-order valence-electron chi connectivity index (χ2n) is 6.41. The van der Waals surface area contributed by atoms with Gasteiger partial charge in [-0.2, -0.15) is 5.10 Å². The minimum Gasteiger partial charge on any atom is -0.273 e. The number of hydrogen-bond acceptors (Lipinski definition) is 5. The number of benzene rings is 2. The maximum atomic E-state index is 12.8. The molecule has 0 aliphatic heterocycles. The molecule has 29 heavy (non-hydrogen) atoms. The largest absolute Gasteiger partial charge is 0.273 e. The third-order valence-electron chi connectivity index (χ3n) is 4.14. The summed E-state index contributed by atoms with van der Waals surface area (Å²) in [5, 5.41) is 5.84. The van der Waals surface area contributed by atoms with Crippen LogP contribution in [0.25, 0.3) is 0 Å². The van der Waals surface area contributed by atoms with Crippen molar-refractivity contribution in [2.24, 2.45) is 5.10 Å². The quantitative estimate of drug-likeness (QED) is 0.425. The van der Waals surface area contributed by atoms with Crippen LogP contribution in [-0.4, -0.2) is 20.5 Å². The Morgan fingerprint density at radius 3 is 2.45 bits per heavy atom. The SMILES string of the molecule is Cc1ccc(S(=O)(=O)N[C@@H](CC(=O)N/N=C\c2cccs2)c2ccccc2)cc1. The van der Waals surface area contributed by atoms with E-state index in [0.717, 1.165) is 10.4 Å². The Morgan fingerprint density at radius 2 is 1.79 bits per heavy atom. The fourth-order valence-corrected chi connectivity index (χ4v) is 4.46. The van der Waals surface area contributed by atoms with Crippen molar-refractivity contribution in [3.05, 3.63) is 88.1 Å². The van der Waals surface area contributed by atoms with Crippen LogP contribution in [0.4, 0.5) is 0 Å². The number of sulfonamides is 1. The van der Waals surface area contributed by atoms with E-state index in [9.17, 15) is 13.2 Å². The van der Waals surface area contributed by atoms with Gasteiger partial charge in [-0.3, -0.25) is 4.79 Å². The van der Waals surface area contributed by atoms with Crippen molar-refractivity contribution in [2.75, 3.05) is 0 Å². The van der Waals surface area contributed by atoms with Crippen LogP contribution in [-0.2, 0) is 14.8 Å². The lowest BCUT2D eigenvalue weighted by molar-refractivity contribution is -0.121. The highest BCUT2D eigenvalue weighted by Gasteiger charge is 2.23. The Balaban J connectivity index is 1.74. The first kappa shape index (κ1) is 20.9. The second-order valence-corrected chi connectivity index (χ2v) is 9.10. The molecule has 1 amide bonds. The van der Waals surface area contributed by atoms with Gasteiger partial charge in [-0.15, -0.1) is 11.3 Å². The molecule has 0 unspecified atom stereocenters. The molecule has 8 heteroatoms. The van der Waals surface area contributed by atoms with Crippen LogP contribution in [0.5, 0.6) is 0 Å². The van der Waals surface area contributed by atoms with Gasteiger partial charge in [0.15, 0.2) is 0 Å². The van der Waals surface area contributed by atoms with Crippen LogP contribution >= 0.6 is 11.3 Å². The summed E-state index contributed by atoms with van der Waals surface area (Å²) in [5.41, 5.74) is 4.12. The minimum atomic E-state index is -3.79. The number of hydrazone groups is 1. The lowest BCUT2D eigenvalue weighted by atomic mass is 10.0. The zero-order chi connectivity index (χ0) is 20.7. The molecule has 0 saturated heterocycles. The molecule has 0 saturated carbocycles. The predicted molar refractivity (Wildman–Crippen MR) is 115 cm³/mol. The van der Waals surface area contributed by atoms with Gasteiger partial charge in [-0.25, -0.2) is 18.6 Å². The summed E-state index contributed by atoms with van der Waals surface area (Å²) in [6.07, 6.45) is 1.47. The van der Waals surface area contributed by atoms with Gasteiger partial charge in [0.1, 0.15) is 0 Å². The topological polar surface area (TPSA) is 87.6 Å². The molecule has 0 radical (unpaired) electrons. The zero-order valence-electron chi connectivity index (χ0n) is 15.8. The summed E-state index contributed by atoms with van der Waals surface area (Å²) < 4.78 is 28.3. The molecule has 2 N–H and O–H groups in total. The van der Waals surface area contributed by atoms with Crippen molar-refractivity contribution in [3.8, 4) is 0 Å². The highest BCUT2D eigenvalue weighted by atomic mass is 32.2. The van der Waals surface area contributed by atoms with Crippen LogP contribution in [0.2, 0.25) is 0 Å². The average Bonchev–Trinajstić information content (AvgIpc) is 3.22. The number of rotatable bonds is 8. The number of aryl methyl sites for hydroxylation is 1. The van der Waals surface area contributed by atoms with Gasteiger partial charge < -0.3 is 0 Å². The fourth-order valence-electron chi connectivity index (χ4n) is 2.65. The van der Waals surface area contributed by atoms with E-state index in [-0.39, 0.29) is 11.3 Å². The first-order chi connectivity index (χ1) is 13.9. The summed E-state index contributed by atoms with van der Waals surface area (Å²) in [7, 11) is -3.79. The second kappa shape index (κ2) is 9.60. The van der Waals surface area contributed by atoms with E-state index < -0.39 is 22.0 Å². The smallest absolute Gasteiger partial charge is 0.242 e. The van der Waals surface area contributed by atoms with Gasteiger partial charge in [0.05, 0.1) is 17.2 Å². The summed E-state index contributed by atoms with van der Waals surface area (Å²) in [6, 6.07) is 18.6. The third kappa shape index (κ3) is 6.08. The molecule has 6 nitrogen and oxygen atoms in total. The van der Waals surface area contributed by atoms with E-state index in [2.05, 4.69) is 15.2 Å². The van der Waals surface area contributed by atoms with Crippen molar-refractivity contribution < 1.29 is 13.2 Å². The Kier molecular flexibility index (Phi) is 6.92. The number of nitrogens with zero attached hydrogens (tertiary/aromatic N) is 1. The van der Waals surface area contributed by atoms with E-state index in [1.54, 1.807) is 54.7 Å². The molecule has 1 heterocycles. The number of carbonyl (C=O) groups excluding carboxylic acids is 1. The molecular formula is C21H21N3O3S2. The van der Waals surface area contributed by atoms with Crippen LogP contribution in [0.3, 0.4) is 0 Å². The van der Waals surface area contributed by atoms with Crippen molar-refractivity contribution in [3.63, 3.8) is 0 Å². The van der Waals surface area contributed by atoms with Crippen molar-refractivity contribution in [2.45, 2.75) is 24.3 Å². The maximum Gasteiger partial charge on any atom is 0.242 e. The lowest BCUT2D eigenvalue weighted by Gasteiger charge is -2.18. The van der Waals surface area contributed by atoms with Crippen LogP contribution in [0, 0.1) is 6.92 Å². The Labute approximate surface area is 174 Å². The molecule has 1 aromatic heterocycles. The van der Waals surface area contributed by atoms with Gasteiger partial charge >= 0.3 is 0 Å². The number of carbonyl (C=O) groups is 1. The average molecular weight is 428 g/mol. The van der Waals surface area contributed by atoms with Crippen molar-refractivity contribution in [1.82, 2.24) is 10.1 Å². The Hall–Kier alpha value is -2.81. The Morgan fingerprint density at radius 1 is 1.07 bits per heavy atom. The summed E-state index contributed by atoms with van der Waals surface area (Å²) in [5.74, 6) is -0.390. The summed E-state index contributed by atoms with van der Waals surface area (Å²) in [6.45, 7) is 1.89. The molecule has 0 aliphatic carbocycles. The molecule has 2 aromatic carbocycles. The number of thiophene rings is 1. The molecular weight excluding hydrogens is 406 g/mol. The van der Waals surface area contributed by atoms with Gasteiger partial charge in [0.25, 0.3) is 0 Å². The van der Waals surface area contributed by atoms with Gasteiger partial charge in [-0.05, 0) is 36.1 Å². The minimum absolute atomic E-state index is 0.0864. The van der Waals surface area contributed by atoms with Crippen LogP contribution < -0.4 is 10.1 Å². The molecule has 0 bridgehead atoms. The van der Waals surface area contributed by atoms with Crippen LogP contribution in [0.1, 0.15) is 28.5 Å². The van der Waals surface area contributed by atoms with E-state index in [4.69, 9.17) is 0 Å². The molecule has 0 aliphatic rings. The number of hydrogen-bond donors (Lipinski definition) is 2. The molecule has 3 aromatic rings. The summed E-state index contributed by atoms with van der Waals surface area (Å²) >= 11 is 1.50. The standard InChI is InChI=1S/C21H21N3O3S2/c1-16-9-11-19(12-10-16)29(26,27)24-20(17-6-3-2-4-7-17)14-21(25)23-22-15-18-8-5-13-28-18/h2-13,15,20,24H,14H2,1H3,(H,23,25)/b22-15-/t20-/m0/s1. The summed E-state index contributed by atoms with van der Waals surface area (Å²) in [4.78, 5) is 13.4. The third-order valence-corrected chi connectivity index (χ3v) is 6.44. The highest BCUT2D eigenvalue weighted by molar-refractivity contribution is 7.89. The van der Waals surface area contributed by atoms with Crippen molar-refractivity contribution >= 4 is 33.5 Å².